The Bertz CT molecular complexity index is 3440. The SMILES string of the molecule is c1ccc2c(-c3c4ccccc4c(-c4ccc5c(c4)oc4cc(-c6ccc7oc8c9ccccc9ccc8c7c6)ccc45)c4ccccc34)cccc2c1. The van der Waals surface area contributed by atoms with Gasteiger partial charge in [-0.15, -0.1) is 0 Å². The van der Waals surface area contributed by atoms with Gasteiger partial charge in [0.15, 0.2) is 0 Å². The standard InChI is InChI=1S/C52H30O2/c1-3-13-36-31(10-1)12-9-19-40(36)51-43-17-7-5-15-41(43)50(42-16-6-8-18-44(42)51)35-22-25-39-38-24-21-34(29-48(38)53-49(39)30-35)33-23-27-47-46(28-33)45-26-20-32-11-2-4-14-37(32)52(45)54-47/h1-30H. The number of fused-ring (bicyclic) bond motifs is 11. The van der Waals surface area contributed by atoms with Crippen molar-refractivity contribution in [1.82, 2.24) is 0 Å². The van der Waals surface area contributed by atoms with Crippen molar-refractivity contribution in [3.63, 3.8) is 0 Å². The Morgan fingerprint density at radius 3 is 1.50 bits per heavy atom. The minimum Gasteiger partial charge on any atom is -0.456 e. The van der Waals surface area contributed by atoms with Gasteiger partial charge >= 0.3 is 0 Å². The third kappa shape index (κ3) is 4.22. The number of benzene rings is 10. The molecule has 0 fully saturated rings. The van der Waals surface area contributed by atoms with Crippen LogP contribution in [0.5, 0.6) is 0 Å². The van der Waals surface area contributed by atoms with E-state index in [1.54, 1.807) is 0 Å². The van der Waals surface area contributed by atoms with E-state index >= 15 is 0 Å². The molecule has 0 N–H and O–H groups in total. The van der Waals surface area contributed by atoms with Gasteiger partial charge in [-0.05, 0) is 114 Å². The maximum Gasteiger partial charge on any atom is 0.143 e. The maximum absolute atomic E-state index is 6.71. The van der Waals surface area contributed by atoms with E-state index in [1.165, 1.54) is 54.4 Å². The molecule has 0 aliphatic rings. The van der Waals surface area contributed by atoms with E-state index in [9.17, 15) is 0 Å². The fraction of sp³-hybridized carbons (Fsp3) is 0. The lowest BCUT2D eigenvalue weighted by atomic mass is 9.84. The zero-order valence-electron chi connectivity index (χ0n) is 29.1. The molecule has 0 atom stereocenters. The first-order valence-corrected chi connectivity index (χ1v) is 18.5. The summed E-state index contributed by atoms with van der Waals surface area (Å²) in [5.41, 5.74) is 10.7. The van der Waals surface area contributed by atoms with Gasteiger partial charge in [-0.1, -0.05) is 140 Å². The van der Waals surface area contributed by atoms with Crippen LogP contribution in [0.2, 0.25) is 0 Å². The summed E-state index contributed by atoms with van der Waals surface area (Å²) >= 11 is 0. The molecule has 0 radical (unpaired) electrons. The van der Waals surface area contributed by atoms with Gasteiger partial charge < -0.3 is 8.83 Å². The largest absolute Gasteiger partial charge is 0.456 e. The van der Waals surface area contributed by atoms with Crippen LogP contribution in [-0.4, -0.2) is 0 Å². The second-order valence-corrected chi connectivity index (χ2v) is 14.4. The molecule has 0 bridgehead atoms. The van der Waals surface area contributed by atoms with E-state index < -0.39 is 0 Å². The van der Waals surface area contributed by atoms with Gasteiger partial charge in [0.2, 0.25) is 0 Å². The first-order chi connectivity index (χ1) is 26.8. The zero-order valence-corrected chi connectivity index (χ0v) is 29.1. The molecule has 12 aromatic rings. The zero-order chi connectivity index (χ0) is 35.3. The van der Waals surface area contributed by atoms with Crippen LogP contribution in [0.1, 0.15) is 0 Å². The van der Waals surface area contributed by atoms with Crippen LogP contribution in [0.25, 0.3) is 120 Å². The Hall–Kier alpha value is -7.16. The first kappa shape index (κ1) is 29.4. The topological polar surface area (TPSA) is 26.3 Å². The molecule has 12 rings (SSSR count). The van der Waals surface area contributed by atoms with Crippen molar-refractivity contribution in [2.45, 2.75) is 0 Å². The van der Waals surface area contributed by atoms with E-state index in [1.807, 2.05) is 0 Å². The molecule has 0 unspecified atom stereocenters. The molecule has 0 amide bonds. The van der Waals surface area contributed by atoms with Crippen molar-refractivity contribution < 1.29 is 8.83 Å². The molecule has 2 nitrogen and oxygen atoms in total. The van der Waals surface area contributed by atoms with Crippen molar-refractivity contribution in [2.75, 3.05) is 0 Å². The molecule has 2 aromatic heterocycles. The monoisotopic (exact) mass is 686 g/mol. The summed E-state index contributed by atoms with van der Waals surface area (Å²) in [6.45, 7) is 0. The second kappa shape index (κ2) is 11.2. The van der Waals surface area contributed by atoms with Crippen LogP contribution in [0.4, 0.5) is 0 Å². The molecular weight excluding hydrogens is 657 g/mol. The average molecular weight is 687 g/mol. The van der Waals surface area contributed by atoms with Crippen LogP contribution in [-0.2, 0) is 0 Å². The average Bonchev–Trinajstić information content (AvgIpc) is 3.80. The summed E-state index contributed by atoms with van der Waals surface area (Å²) in [6.07, 6.45) is 0. The molecular formula is C52H30O2. The number of furan rings is 2. The lowest BCUT2D eigenvalue weighted by Crippen LogP contribution is -1.91. The predicted molar refractivity (Wildman–Crippen MR) is 227 cm³/mol. The molecule has 54 heavy (non-hydrogen) atoms. The van der Waals surface area contributed by atoms with Gasteiger partial charge in [-0.3, -0.25) is 0 Å². The van der Waals surface area contributed by atoms with Crippen LogP contribution < -0.4 is 0 Å². The molecule has 10 aromatic carbocycles. The Balaban J connectivity index is 1.02. The quantitative estimate of drug-likeness (QED) is 0.173. The predicted octanol–water partition coefficient (Wildman–Crippen LogP) is 15.1. The third-order valence-electron chi connectivity index (χ3n) is 11.4. The normalized spacial score (nSPS) is 12.1. The summed E-state index contributed by atoms with van der Waals surface area (Å²) < 4.78 is 13.1. The molecule has 2 heterocycles. The van der Waals surface area contributed by atoms with Gasteiger partial charge in [-0.2, -0.15) is 0 Å². The number of rotatable bonds is 3. The van der Waals surface area contributed by atoms with Crippen molar-refractivity contribution in [3.8, 4) is 33.4 Å². The Kier molecular flexibility index (Phi) is 6.09. The molecule has 0 aliphatic carbocycles. The van der Waals surface area contributed by atoms with E-state index in [-0.39, 0.29) is 0 Å². The number of hydrogen-bond acceptors (Lipinski definition) is 2. The first-order valence-electron chi connectivity index (χ1n) is 18.5. The Labute approximate surface area is 310 Å². The van der Waals surface area contributed by atoms with Crippen LogP contribution >= 0.6 is 0 Å². The summed E-state index contributed by atoms with van der Waals surface area (Å²) in [5, 5.41) is 14.3. The fourth-order valence-electron chi connectivity index (χ4n) is 8.97. The maximum atomic E-state index is 6.71. The Morgan fingerprint density at radius 2 is 0.778 bits per heavy atom. The highest BCUT2D eigenvalue weighted by molar-refractivity contribution is 6.24. The summed E-state index contributed by atoms with van der Waals surface area (Å²) in [7, 11) is 0. The molecule has 0 spiro atoms. The lowest BCUT2D eigenvalue weighted by molar-refractivity contribution is 0.669. The molecule has 0 saturated heterocycles. The second-order valence-electron chi connectivity index (χ2n) is 14.4. The van der Waals surface area contributed by atoms with Gasteiger partial charge in [-0.25, -0.2) is 0 Å². The minimum atomic E-state index is 0.879. The van der Waals surface area contributed by atoms with E-state index in [0.717, 1.165) is 66.0 Å². The van der Waals surface area contributed by atoms with E-state index in [0.29, 0.717) is 0 Å². The van der Waals surface area contributed by atoms with Gasteiger partial charge in [0.05, 0.1) is 0 Å². The summed E-state index contributed by atoms with van der Waals surface area (Å²) in [5.74, 6) is 0. The van der Waals surface area contributed by atoms with Crippen LogP contribution in [0.15, 0.2) is 191 Å². The van der Waals surface area contributed by atoms with Gasteiger partial charge in [0, 0.05) is 26.9 Å². The molecule has 0 aliphatic heterocycles. The van der Waals surface area contributed by atoms with Crippen molar-refractivity contribution in [3.05, 3.63) is 182 Å². The van der Waals surface area contributed by atoms with Crippen LogP contribution in [0.3, 0.4) is 0 Å². The van der Waals surface area contributed by atoms with E-state index in [4.69, 9.17) is 8.83 Å². The van der Waals surface area contributed by atoms with Crippen molar-refractivity contribution >= 4 is 87.0 Å². The fourth-order valence-corrected chi connectivity index (χ4v) is 8.97. The highest BCUT2D eigenvalue weighted by Gasteiger charge is 2.19. The summed E-state index contributed by atoms with van der Waals surface area (Å²) in [6, 6.07) is 65.6. The molecule has 0 saturated carbocycles. The number of hydrogen-bond donors (Lipinski definition) is 0. The van der Waals surface area contributed by atoms with Crippen molar-refractivity contribution in [2.24, 2.45) is 0 Å². The molecule has 2 heteroatoms. The summed E-state index contributed by atoms with van der Waals surface area (Å²) in [4.78, 5) is 0. The van der Waals surface area contributed by atoms with E-state index in [2.05, 4.69) is 182 Å². The lowest BCUT2D eigenvalue weighted by Gasteiger charge is -2.18. The Morgan fingerprint density at radius 1 is 0.259 bits per heavy atom. The third-order valence-corrected chi connectivity index (χ3v) is 11.4. The highest BCUT2D eigenvalue weighted by atomic mass is 16.3. The highest BCUT2D eigenvalue weighted by Crippen LogP contribution is 2.46. The van der Waals surface area contributed by atoms with Gasteiger partial charge in [0.25, 0.3) is 0 Å². The minimum absolute atomic E-state index is 0.879. The van der Waals surface area contributed by atoms with Crippen molar-refractivity contribution in [1.29, 1.82) is 0 Å². The van der Waals surface area contributed by atoms with Crippen LogP contribution in [0, 0.1) is 0 Å². The van der Waals surface area contributed by atoms with Gasteiger partial charge in [0.1, 0.15) is 22.3 Å². The molecule has 250 valence electrons. The smallest absolute Gasteiger partial charge is 0.143 e.